The van der Waals surface area contributed by atoms with Crippen LogP contribution in [0.1, 0.15) is 20.3 Å². The Morgan fingerprint density at radius 1 is 1.40 bits per heavy atom. The van der Waals surface area contributed by atoms with E-state index in [-0.39, 0.29) is 11.9 Å². The van der Waals surface area contributed by atoms with Crippen LogP contribution in [0, 0.1) is 5.92 Å². The fourth-order valence-corrected chi connectivity index (χ4v) is 15.5. The normalized spacial score (nSPS) is 24.1. The predicted molar refractivity (Wildman–Crippen MR) is 89.3 cm³/mol. The molecule has 0 bridgehead atoms. The molecule has 20 heavy (non-hydrogen) atoms. The zero-order valence-electron chi connectivity index (χ0n) is 12.5. The van der Waals surface area contributed by atoms with Gasteiger partial charge in [0, 0.05) is 0 Å². The maximum atomic E-state index is 12.7. The van der Waals surface area contributed by atoms with Crippen molar-refractivity contribution in [1.29, 1.82) is 0 Å². The minimum absolute atomic E-state index is 0.162. The van der Waals surface area contributed by atoms with Gasteiger partial charge in [0.05, 0.1) is 0 Å². The molecule has 0 radical (unpaired) electrons. The number of nitrogens with zero attached hydrogens (tertiary/aromatic N) is 1. The summed E-state index contributed by atoms with van der Waals surface area (Å²) in [5.41, 5.74) is 6.13. The minimum atomic E-state index is -2.53. The van der Waals surface area contributed by atoms with Gasteiger partial charge >= 0.3 is 128 Å². The molecule has 2 N–H and O–H groups in total. The van der Waals surface area contributed by atoms with Crippen LogP contribution in [0.5, 0.6) is 0 Å². The second-order valence-electron chi connectivity index (χ2n) is 5.92. The van der Waals surface area contributed by atoms with Crippen LogP contribution in [0.15, 0.2) is 30.3 Å². The molecular weight excluding hydrogens is 329 g/mol. The van der Waals surface area contributed by atoms with E-state index in [4.69, 9.17) is 5.73 Å². The molecule has 1 aliphatic heterocycles. The van der Waals surface area contributed by atoms with E-state index in [2.05, 4.69) is 47.7 Å². The second-order valence-corrected chi connectivity index (χ2v) is 19.0. The van der Waals surface area contributed by atoms with Crippen molar-refractivity contribution in [1.82, 2.24) is 3.86 Å². The monoisotopic (exact) mass is 354 g/mol. The van der Waals surface area contributed by atoms with Gasteiger partial charge in [0.1, 0.15) is 0 Å². The number of hydrogen-bond donors (Lipinski definition) is 1. The van der Waals surface area contributed by atoms with Gasteiger partial charge in [0.15, 0.2) is 0 Å². The van der Waals surface area contributed by atoms with Gasteiger partial charge < -0.3 is 0 Å². The molecule has 1 aliphatic rings. The van der Waals surface area contributed by atoms with Crippen molar-refractivity contribution in [3.63, 3.8) is 0 Å². The summed E-state index contributed by atoms with van der Waals surface area (Å²) in [5, 5.41) is 0. The van der Waals surface area contributed by atoms with Crippen molar-refractivity contribution in [2.75, 3.05) is 12.3 Å². The first-order valence-corrected chi connectivity index (χ1v) is 14.9. The Labute approximate surface area is 127 Å². The topological polar surface area (TPSA) is 46.3 Å². The zero-order chi connectivity index (χ0) is 14.8. The molecule has 0 aromatic heterocycles. The third kappa shape index (κ3) is 3.23. The molecule has 2 rings (SSSR count). The molecule has 1 heterocycles. The predicted octanol–water partition coefficient (Wildman–Crippen LogP) is 1.91. The fourth-order valence-electron chi connectivity index (χ4n) is 2.74. The van der Waals surface area contributed by atoms with E-state index in [1.165, 1.54) is 4.40 Å². The van der Waals surface area contributed by atoms with Gasteiger partial charge in [-0.1, -0.05) is 0 Å². The van der Waals surface area contributed by atoms with E-state index in [1.54, 1.807) is 0 Å². The quantitative estimate of drug-likeness (QED) is 0.842. The Morgan fingerprint density at radius 3 is 2.65 bits per heavy atom. The van der Waals surface area contributed by atoms with Crippen LogP contribution in [0.4, 0.5) is 0 Å². The molecule has 1 saturated heterocycles. The summed E-state index contributed by atoms with van der Waals surface area (Å²) in [7, 11) is 2.01. The Bertz CT molecular complexity index is 468. The molecule has 0 saturated carbocycles. The van der Waals surface area contributed by atoms with Crippen LogP contribution in [0.2, 0.25) is 5.76 Å². The molecule has 2 atom stereocenters. The van der Waals surface area contributed by atoms with E-state index < -0.39 is 12.3 Å². The first kappa shape index (κ1) is 15.9. The van der Waals surface area contributed by atoms with Crippen LogP contribution in [-0.4, -0.2) is 40.4 Å². The molecule has 2 unspecified atom stereocenters. The van der Waals surface area contributed by atoms with E-state index in [1.807, 2.05) is 16.2 Å². The first-order chi connectivity index (χ1) is 9.45. The second kappa shape index (κ2) is 6.54. The SMILES string of the molecule is CC(C)CC(N)C(=O)[N]1CC[S][Ge]1([CH3])[c]1ccccc1. The Hall–Kier alpha value is -0.457. The summed E-state index contributed by atoms with van der Waals surface area (Å²) in [6.07, 6.45) is 0.771. The molecular formula is C15H24GeN2OS. The zero-order valence-corrected chi connectivity index (χ0v) is 15.4. The van der Waals surface area contributed by atoms with Gasteiger partial charge in [0.2, 0.25) is 0 Å². The molecule has 1 aromatic carbocycles. The molecule has 3 nitrogen and oxygen atoms in total. The summed E-state index contributed by atoms with van der Waals surface area (Å²) in [5.74, 6) is 3.98. The van der Waals surface area contributed by atoms with Crippen LogP contribution < -0.4 is 10.1 Å². The van der Waals surface area contributed by atoms with Crippen molar-refractivity contribution in [2.45, 2.75) is 32.1 Å². The van der Waals surface area contributed by atoms with Gasteiger partial charge in [-0.3, -0.25) is 0 Å². The Morgan fingerprint density at radius 2 is 2.05 bits per heavy atom. The Balaban J connectivity index is 2.21. The van der Waals surface area contributed by atoms with Crippen LogP contribution >= 0.6 is 10.1 Å². The average Bonchev–Trinajstić information content (AvgIpc) is 2.81. The van der Waals surface area contributed by atoms with E-state index in [0.717, 1.165) is 18.7 Å². The van der Waals surface area contributed by atoms with Crippen molar-refractivity contribution < 1.29 is 4.79 Å². The van der Waals surface area contributed by atoms with Gasteiger partial charge in [-0.05, 0) is 0 Å². The van der Waals surface area contributed by atoms with Crippen molar-refractivity contribution in [2.24, 2.45) is 11.7 Å². The Kier molecular flexibility index (Phi) is 5.21. The molecule has 1 amide bonds. The van der Waals surface area contributed by atoms with Crippen molar-refractivity contribution >= 4 is 32.7 Å². The van der Waals surface area contributed by atoms with Crippen LogP contribution in [-0.2, 0) is 4.79 Å². The third-order valence-electron chi connectivity index (χ3n) is 3.83. The number of benzene rings is 1. The number of carbonyl (C=O) groups is 1. The van der Waals surface area contributed by atoms with Gasteiger partial charge in [-0.25, -0.2) is 0 Å². The van der Waals surface area contributed by atoms with Crippen LogP contribution in [0.3, 0.4) is 0 Å². The number of rotatable bonds is 4. The molecule has 1 aromatic rings. The third-order valence-corrected chi connectivity index (χ3v) is 18.0. The molecule has 110 valence electrons. The molecule has 5 heteroatoms. The number of hydrogen-bond acceptors (Lipinski definition) is 3. The van der Waals surface area contributed by atoms with Gasteiger partial charge in [-0.15, -0.1) is 0 Å². The molecule has 0 spiro atoms. The van der Waals surface area contributed by atoms with Gasteiger partial charge in [-0.2, -0.15) is 0 Å². The van der Waals surface area contributed by atoms with Crippen molar-refractivity contribution in [3.05, 3.63) is 30.3 Å². The van der Waals surface area contributed by atoms with E-state index in [0.29, 0.717) is 5.92 Å². The summed E-state index contributed by atoms with van der Waals surface area (Å²) >= 11 is -2.53. The fraction of sp³-hybridized carbons (Fsp3) is 0.533. The average molecular weight is 353 g/mol. The standard InChI is InChI=1S/C15H24GeN2OS/c1-12(2)11-14(17)15(19)18-9-10-20-16(18,3)13-7-5-4-6-8-13/h4-8,12,14H,9-11,17H2,1-3H3. The maximum absolute atomic E-state index is 12.7. The number of carbonyl (C=O) groups excluding carboxylic acids is 1. The summed E-state index contributed by atoms with van der Waals surface area (Å²) in [6, 6.07) is 10.2. The van der Waals surface area contributed by atoms with Gasteiger partial charge in [0.25, 0.3) is 0 Å². The number of amides is 1. The van der Waals surface area contributed by atoms with Crippen LogP contribution in [0.25, 0.3) is 0 Å². The summed E-state index contributed by atoms with van der Waals surface area (Å²) in [4.78, 5) is 12.7. The first-order valence-electron chi connectivity index (χ1n) is 7.21. The summed E-state index contributed by atoms with van der Waals surface area (Å²) < 4.78 is 3.51. The molecule has 0 aliphatic carbocycles. The molecule has 1 fully saturated rings. The van der Waals surface area contributed by atoms with E-state index in [9.17, 15) is 4.79 Å². The van der Waals surface area contributed by atoms with Crippen molar-refractivity contribution in [3.8, 4) is 0 Å². The van der Waals surface area contributed by atoms with E-state index >= 15 is 0 Å². The summed E-state index contributed by atoms with van der Waals surface area (Å²) in [6.45, 7) is 5.09. The number of nitrogens with two attached hydrogens (primary N) is 1.